The van der Waals surface area contributed by atoms with E-state index in [0.29, 0.717) is 5.82 Å². The lowest BCUT2D eigenvalue weighted by Gasteiger charge is -2.23. The minimum absolute atomic E-state index is 0.689. The van der Waals surface area contributed by atoms with Gasteiger partial charge in [-0.1, -0.05) is 65.7 Å². The van der Waals surface area contributed by atoms with Crippen molar-refractivity contribution in [1.82, 2.24) is 9.97 Å². The average molecular weight is 349 g/mol. The third-order valence-corrected chi connectivity index (χ3v) is 4.86. The van der Waals surface area contributed by atoms with Crippen LogP contribution in [0.3, 0.4) is 0 Å². The van der Waals surface area contributed by atoms with E-state index in [1.54, 1.807) is 0 Å². The molecule has 2 N–H and O–H groups in total. The molecule has 1 rings (SSSR count). The van der Waals surface area contributed by atoms with Gasteiger partial charge in [0.05, 0.1) is 0 Å². The molecule has 25 heavy (non-hydrogen) atoms. The molecule has 0 fully saturated rings. The maximum absolute atomic E-state index is 6.30. The first-order valence-electron chi connectivity index (χ1n) is 10.5. The maximum atomic E-state index is 6.30. The van der Waals surface area contributed by atoms with Gasteiger partial charge in [0.15, 0.2) is 0 Å². The lowest BCUT2D eigenvalue weighted by molar-refractivity contribution is 0.606. The van der Waals surface area contributed by atoms with Crippen LogP contribution in [0.1, 0.15) is 96.2 Å². The molecule has 4 nitrogen and oxygen atoms in total. The van der Waals surface area contributed by atoms with E-state index in [2.05, 4.69) is 37.6 Å². The van der Waals surface area contributed by atoms with Crippen LogP contribution in [0.2, 0.25) is 0 Å². The van der Waals surface area contributed by atoms with E-state index >= 15 is 0 Å². The van der Waals surface area contributed by atoms with Crippen molar-refractivity contribution >= 4 is 11.8 Å². The number of rotatable bonds is 14. The molecule has 0 unspecified atom stereocenters. The summed E-state index contributed by atoms with van der Waals surface area (Å²) in [7, 11) is 0. The van der Waals surface area contributed by atoms with Crippen LogP contribution in [-0.4, -0.2) is 23.1 Å². The van der Waals surface area contributed by atoms with Gasteiger partial charge in [0.25, 0.3) is 0 Å². The predicted octanol–water partition coefficient (Wildman–Crippen LogP) is 5.68. The van der Waals surface area contributed by atoms with Crippen molar-refractivity contribution in [2.45, 2.75) is 98.3 Å². The SMILES string of the molecule is CCCCCCCCc1c(C)nc(N(CCCC)CCCC)nc1N. The minimum Gasteiger partial charge on any atom is -0.383 e. The number of nitrogens with two attached hydrogens (primary N) is 1. The molecule has 144 valence electrons. The summed E-state index contributed by atoms with van der Waals surface area (Å²) in [6.07, 6.45) is 13.5. The van der Waals surface area contributed by atoms with Gasteiger partial charge < -0.3 is 10.6 Å². The lowest BCUT2D eigenvalue weighted by Crippen LogP contribution is -2.28. The van der Waals surface area contributed by atoms with Crippen molar-refractivity contribution in [1.29, 1.82) is 0 Å². The molecule has 0 atom stereocenters. The summed E-state index contributed by atoms with van der Waals surface area (Å²) in [5, 5.41) is 0. The standard InChI is InChI=1S/C21H40N4/c1-5-8-11-12-13-14-15-19-18(4)23-21(24-20(19)22)25(16-9-6-2)17-10-7-3/h5-17H2,1-4H3,(H2,22,23,24). The Morgan fingerprint density at radius 2 is 1.32 bits per heavy atom. The van der Waals surface area contributed by atoms with E-state index in [4.69, 9.17) is 10.7 Å². The fraction of sp³-hybridized carbons (Fsp3) is 0.810. The Morgan fingerprint density at radius 3 is 1.88 bits per heavy atom. The van der Waals surface area contributed by atoms with E-state index in [0.717, 1.165) is 36.7 Å². The van der Waals surface area contributed by atoms with Crippen molar-refractivity contribution in [3.05, 3.63) is 11.3 Å². The molecule has 0 aliphatic heterocycles. The number of hydrogen-bond acceptors (Lipinski definition) is 4. The largest absolute Gasteiger partial charge is 0.383 e. The first-order valence-corrected chi connectivity index (χ1v) is 10.5. The van der Waals surface area contributed by atoms with Crippen LogP contribution in [0.15, 0.2) is 0 Å². The van der Waals surface area contributed by atoms with Gasteiger partial charge in [0, 0.05) is 24.3 Å². The second-order valence-corrected chi connectivity index (χ2v) is 7.18. The van der Waals surface area contributed by atoms with E-state index in [1.165, 1.54) is 64.2 Å². The highest BCUT2D eigenvalue weighted by atomic mass is 15.3. The van der Waals surface area contributed by atoms with Crippen LogP contribution in [0.5, 0.6) is 0 Å². The number of unbranched alkanes of at least 4 members (excludes halogenated alkanes) is 7. The zero-order valence-electron chi connectivity index (χ0n) is 17.1. The third-order valence-electron chi connectivity index (χ3n) is 4.86. The highest BCUT2D eigenvalue weighted by Crippen LogP contribution is 2.21. The van der Waals surface area contributed by atoms with Crippen LogP contribution < -0.4 is 10.6 Å². The van der Waals surface area contributed by atoms with Gasteiger partial charge in [-0.15, -0.1) is 0 Å². The highest BCUT2D eigenvalue weighted by Gasteiger charge is 2.14. The molecule has 1 aromatic rings. The second-order valence-electron chi connectivity index (χ2n) is 7.18. The summed E-state index contributed by atoms with van der Waals surface area (Å²) in [4.78, 5) is 11.8. The number of aryl methyl sites for hydroxylation is 1. The Balaban J connectivity index is 2.68. The first kappa shape index (κ1) is 21.7. The Hall–Kier alpha value is -1.32. The topological polar surface area (TPSA) is 55.0 Å². The van der Waals surface area contributed by atoms with Crippen molar-refractivity contribution in [2.24, 2.45) is 0 Å². The van der Waals surface area contributed by atoms with Gasteiger partial charge in [-0.2, -0.15) is 4.98 Å². The summed E-state index contributed by atoms with van der Waals surface area (Å²) in [6.45, 7) is 10.8. The summed E-state index contributed by atoms with van der Waals surface area (Å²) in [6, 6.07) is 0. The molecule has 0 saturated carbocycles. The highest BCUT2D eigenvalue weighted by molar-refractivity contribution is 5.48. The Bertz CT molecular complexity index is 442. The Morgan fingerprint density at radius 1 is 0.760 bits per heavy atom. The molecule has 0 amide bonds. The van der Waals surface area contributed by atoms with Crippen LogP contribution in [0.25, 0.3) is 0 Å². The molecule has 0 aromatic carbocycles. The molecule has 4 heteroatoms. The predicted molar refractivity (Wildman–Crippen MR) is 110 cm³/mol. The smallest absolute Gasteiger partial charge is 0.227 e. The number of nitrogens with zero attached hydrogens (tertiary/aromatic N) is 3. The minimum atomic E-state index is 0.689. The number of nitrogen functional groups attached to an aromatic ring is 1. The van der Waals surface area contributed by atoms with Gasteiger partial charge in [-0.3, -0.25) is 0 Å². The van der Waals surface area contributed by atoms with E-state index in [1.807, 2.05) is 0 Å². The molecule has 0 spiro atoms. The summed E-state index contributed by atoms with van der Waals surface area (Å²) < 4.78 is 0. The molecule has 1 aromatic heterocycles. The summed E-state index contributed by atoms with van der Waals surface area (Å²) >= 11 is 0. The Kier molecular flexibility index (Phi) is 11.3. The molecule has 0 saturated heterocycles. The fourth-order valence-electron chi connectivity index (χ4n) is 3.15. The maximum Gasteiger partial charge on any atom is 0.227 e. The quantitative estimate of drug-likeness (QED) is 0.440. The summed E-state index contributed by atoms with van der Waals surface area (Å²) in [5.41, 5.74) is 8.52. The van der Waals surface area contributed by atoms with Gasteiger partial charge in [-0.25, -0.2) is 4.98 Å². The van der Waals surface area contributed by atoms with Crippen molar-refractivity contribution in [2.75, 3.05) is 23.7 Å². The monoisotopic (exact) mass is 348 g/mol. The molecule has 0 aliphatic carbocycles. The molecule has 0 radical (unpaired) electrons. The van der Waals surface area contributed by atoms with Crippen LogP contribution >= 0.6 is 0 Å². The summed E-state index contributed by atoms with van der Waals surface area (Å²) in [5.74, 6) is 1.51. The van der Waals surface area contributed by atoms with Crippen LogP contribution in [0.4, 0.5) is 11.8 Å². The third kappa shape index (κ3) is 8.06. The second kappa shape index (κ2) is 13.0. The Labute approximate surface area is 155 Å². The fourth-order valence-corrected chi connectivity index (χ4v) is 3.15. The van der Waals surface area contributed by atoms with Crippen LogP contribution in [0, 0.1) is 6.92 Å². The van der Waals surface area contributed by atoms with E-state index in [9.17, 15) is 0 Å². The van der Waals surface area contributed by atoms with Gasteiger partial charge in [-0.05, 0) is 32.6 Å². The van der Waals surface area contributed by atoms with Crippen LogP contribution in [-0.2, 0) is 6.42 Å². The molecular weight excluding hydrogens is 308 g/mol. The molecule has 0 bridgehead atoms. The molecule has 1 heterocycles. The first-order chi connectivity index (χ1) is 12.1. The van der Waals surface area contributed by atoms with Crippen molar-refractivity contribution < 1.29 is 0 Å². The normalized spacial score (nSPS) is 11.0. The number of aromatic nitrogens is 2. The zero-order chi connectivity index (χ0) is 18.5. The van der Waals surface area contributed by atoms with Gasteiger partial charge in [0.1, 0.15) is 5.82 Å². The van der Waals surface area contributed by atoms with Gasteiger partial charge >= 0.3 is 0 Å². The number of anilines is 2. The van der Waals surface area contributed by atoms with E-state index in [-0.39, 0.29) is 0 Å². The van der Waals surface area contributed by atoms with Crippen molar-refractivity contribution in [3.8, 4) is 0 Å². The molecular formula is C21H40N4. The van der Waals surface area contributed by atoms with E-state index < -0.39 is 0 Å². The average Bonchev–Trinajstić information content (AvgIpc) is 2.60. The molecule has 0 aliphatic rings. The zero-order valence-corrected chi connectivity index (χ0v) is 17.1. The van der Waals surface area contributed by atoms with Gasteiger partial charge in [0.2, 0.25) is 5.95 Å². The number of hydrogen-bond donors (Lipinski definition) is 1. The van der Waals surface area contributed by atoms with Crippen molar-refractivity contribution in [3.63, 3.8) is 0 Å². The lowest BCUT2D eigenvalue weighted by atomic mass is 10.0.